The summed E-state index contributed by atoms with van der Waals surface area (Å²) in [4.78, 5) is 10.3. The second kappa shape index (κ2) is 8.82. The lowest BCUT2D eigenvalue weighted by Gasteiger charge is -2.29. The van der Waals surface area contributed by atoms with Crippen molar-refractivity contribution in [1.29, 1.82) is 5.26 Å². The largest absolute Gasteiger partial charge is 0.485 e. The second-order valence-electron chi connectivity index (χ2n) is 7.00. The van der Waals surface area contributed by atoms with E-state index in [2.05, 4.69) is 16.5 Å². The molecular weight excluding hydrogens is 410 g/mol. The van der Waals surface area contributed by atoms with Gasteiger partial charge in [-0.05, 0) is 29.8 Å². The normalized spacial score (nSPS) is 13.1. The molecule has 0 aliphatic carbocycles. The summed E-state index contributed by atoms with van der Waals surface area (Å²) in [7, 11) is 1.86. The van der Waals surface area contributed by atoms with Gasteiger partial charge in [-0.15, -0.1) is 0 Å². The highest BCUT2D eigenvalue weighted by Crippen LogP contribution is 2.37. The summed E-state index contributed by atoms with van der Waals surface area (Å²) < 4.78 is 33.8. The van der Waals surface area contributed by atoms with Gasteiger partial charge in [-0.1, -0.05) is 24.8 Å². The Morgan fingerprint density at radius 1 is 1.25 bits per heavy atom. The molecule has 0 bridgehead atoms. The van der Waals surface area contributed by atoms with Gasteiger partial charge in [0.1, 0.15) is 35.8 Å². The Bertz CT molecular complexity index is 1290. The summed E-state index contributed by atoms with van der Waals surface area (Å²) in [5.41, 5.74) is 3.45. The van der Waals surface area contributed by atoms with Crippen LogP contribution in [0.15, 0.2) is 79.4 Å². The molecule has 1 aliphatic rings. The number of hydrogen-bond acceptors (Lipinski definition) is 5. The Hall–Kier alpha value is -4.31. The molecule has 5 nitrogen and oxygen atoms in total. The minimum Gasteiger partial charge on any atom is -0.485 e. The maximum Gasteiger partial charge on any atom is 0.149 e. The van der Waals surface area contributed by atoms with Crippen molar-refractivity contribution < 1.29 is 13.5 Å². The van der Waals surface area contributed by atoms with Crippen LogP contribution in [0.25, 0.3) is 11.1 Å². The molecule has 0 unspecified atom stereocenters. The van der Waals surface area contributed by atoms with E-state index in [1.54, 1.807) is 30.6 Å². The van der Waals surface area contributed by atoms with Gasteiger partial charge >= 0.3 is 0 Å². The Morgan fingerprint density at radius 2 is 2.09 bits per heavy atom. The SMILES string of the molecule is C=C/C(=C\C1=C(N(C)c2cccnc2)COc2cc(F)cnc21)c1cccc(F)c1C#N. The number of nitrogens with zero attached hydrogens (tertiary/aromatic N) is 4. The van der Waals surface area contributed by atoms with Crippen molar-refractivity contribution in [2.45, 2.75) is 0 Å². The summed E-state index contributed by atoms with van der Waals surface area (Å²) in [5, 5.41) is 9.47. The quantitative estimate of drug-likeness (QED) is 0.527. The lowest BCUT2D eigenvalue weighted by molar-refractivity contribution is 0.338. The zero-order valence-corrected chi connectivity index (χ0v) is 17.2. The van der Waals surface area contributed by atoms with Gasteiger partial charge < -0.3 is 9.64 Å². The lowest BCUT2D eigenvalue weighted by atomic mass is 9.95. The van der Waals surface area contributed by atoms with E-state index in [4.69, 9.17) is 4.74 Å². The van der Waals surface area contributed by atoms with E-state index >= 15 is 0 Å². The molecule has 0 saturated heterocycles. The molecule has 0 spiro atoms. The highest BCUT2D eigenvalue weighted by atomic mass is 19.1. The Balaban J connectivity index is 1.95. The van der Waals surface area contributed by atoms with E-state index in [0.717, 1.165) is 17.6 Å². The van der Waals surface area contributed by atoms with Crippen LogP contribution < -0.4 is 9.64 Å². The van der Waals surface area contributed by atoms with Crippen molar-refractivity contribution >= 4 is 16.8 Å². The van der Waals surface area contributed by atoms with Gasteiger partial charge in [-0.25, -0.2) is 13.8 Å². The number of pyridine rings is 2. The Kier molecular flexibility index (Phi) is 5.77. The molecular formula is C25H18F2N4O. The zero-order valence-electron chi connectivity index (χ0n) is 17.2. The predicted octanol–water partition coefficient (Wildman–Crippen LogP) is 5.14. The van der Waals surface area contributed by atoms with Crippen molar-refractivity contribution in [1.82, 2.24) is 9.97 Å². The van der Waals surface area contributed by atoms with E-state index in [1.807, 2.05) is 30.1 Å². The highest BCUT2D eigenvalue weighted by molar-refractivity contribution is 5.92. The van der Waals surface area contributed by atoms with Crippen LogP contribution in [-0.2, 0) is 0 Å². The van der Waals surface area contributed by atoms with Crippen molar-refractivity contribution in [3.63, 3.8) is 0 Å². The van der Waals surface area contributed by atoms with Crippen LogP contribution in [0.1, 0.15) is 16.8 Å². The molecule has 4 rings (SSSR count). The first-order chi connectivity index (χ1) is 15.5. The molecule has 3 heterocycles. The number of allylic oxidation sites excluding steroid dienone is 4. The first-order valence-corrected chi connectivity index (χ1v) is 9.72. The van der Waals surface area contributed by atoms with Crippen LogP contribution in [0.4, 0.5) is 14.5 Å². The fraction of sp³-hybridized carbons (Fsp3) is 0.0800. The summed E-state index contributed by atoms with van der Waals surface area (Å²) >= 11 is 0. The smallest absolute Gasteiger partial charge is 0.149 e. The van der Waals surface area contributed by atoms with Gasteiger partial charge in [0.05, 0.1) is 29.3 Å². The standard InChI is InChI=1S/C25H18F2N4O/c1-3-16(19-7-4-8-22(27)21(19)12-28)10-20-23(31(2)18-6-5-9-29-14-18)15-32-24-11-17(26)13-30-25(20)24/h3-11,13-14H,1,15H2,2H3/b16-10+. The van der Waals surface area contributed by atoms with E-state index in [1.165, 1.54) is 18.2 Å². The van der Waals surface area contributed by atoms with Crippen molar-refractivity contribution in [3.05, 3.63) is 108 Å². The van der Waals surface area contributed by atoms with Crippen LogP contribution in [0, 0.1) is 23.0 Å². The lowest BCUT2D eigenvalue weighted by Crippen LogP contribution is -2.26. The fourth-order valence-electron chi connectivity index (χ4n) is 3.51. The van der Waals surface area contributed by atoms with Gasteiger partial charge in [0, 0.05) is 30.4 Å². The summed E-state index contributed by atoms with van der Waals surface area (Å²) in [6, 6.07) is 11.3. The van der Waals surface area contributed by atoms with Crippen LogP contribution in [0.5, 0.6) is 5.75 Å². The van der Waals surface area contributed by atoms with Crippen LogP contribution in [0.3, 0.4) is 0 Å². The number of halogens is 2. The third-order valence-electron chi connectivity index (χ3n) is 5.14. The average molecular weight is 428 g/mol. The number of fused-ring (bicyclic) bond motifs is 1. The first-order valence-electron chi connectivity index (χ1n) is 9.72. The molecule has 0 atom stereocenters. The van der Waals surface area contributed by atoms with Crippen LogP contribution >= 0.6 is 0 Å². The molecule has 1 aliphatic heterocycles. The topological polar surface area (TPSA) is 62.0 Å². The maximum absolute atomic E-state index is 14.3. The molecule has 0 radical (unpaired) electrons. The second-order valence-corrected chi connectivity index (χ2v) is 7.00. The molecule has 158 valence electrons. The molecule has 0 saturated carbocycles. The van der Waals surface area contributed by atoms with E-state index in [-0.39, 0.29) is 12.2 Å². The van der Waals surface area contributed by atoms with Gasteiger partial charge in [0.25, 0.3) is 0 Å². The van der Waals surface area contributed by atoms with Gasteiger partial charge in [0.15, 0.2) is 0 Å². The summed E-state index contributed by atoms with van der Waals surface area (Å²) in [6.07, 6.45) is 7.79. The molecule has 7 heteroatoms. The summed E-state index contributed by atoms with van der Waals surface area (Å²) in [6.45, 7) is 3.99. The fourth-order valence-corrected chi connectivity index (χ4v) is 3.51. The van der Waals surface area contributed by atoms with Crippen molar-refractivity contribution in [3.8, 4) is 11.8 Å². The van der Waals surface area contributed by atoms with Gasteiger partial charge in [-0.2, -0.15) is 5.26 Å². The number of ether oxygens (including phenoxy) is 1. The van der Waals surface area contributed by atoms with Crippen LogP contribution in [-0.4, -0.2) is 23.6 Å². The van der Waals surface area contributed by atoms with Gasteiger partial charge in [0.2, 0.25) is 0 Å². The van der Waals surface area contributed by atoms with Crippen molar-refractivity contribution in [2.24, 2.45) is 0 Å². The zero-order chi connectivity index (χ0) is 22.7. The molecule has 1 aromatic carbocycles. The minimum atomic E-state index is -0.619. The van der Waals surface area contributed by atoms with E-state index < -0.39 is 11.6 Å². The van der Waals surface area contributed by atoms with E-state index in [0.29, 0.717) is 28.2 Å². The minimum absolute atomic E-state index is 0.0826. The van der Waals surface area contributed by atoms with Crippen molar-refractivity contribution in [2.75, 3.05) is 18.6 Å². The predicted molar refractivity (Wildman–Crippen MR) is 119 cm³/mol. The molecule has 2 aromatic heterocycles. The number of hydrogen-bond donors (Lipinski definition) is 0. The number of rotatable bonds is 5. The maximum atomic E-state index is 14.3. The van der Waals surface area contributed by atoms with Crippen LogP contribution in [0.2, 0.25) is 0 Å². The van der Waals surface area contributed by atoms with E-state index in [9.17, 15) is 14.0 Å². The first kappa shape index (κ1) is 20.9. The average Bonchev–Trinajstić information content (AvgIpc) is 2.82. The molecule has 0 amide bonds. The number of likely N-dealkylation sites (N-methyl/N-ethyl adjacent to an activating group) is 1. The molecule has 0 fully saturated rings. The number of aromatic nitrogens is 2. The third-order valence-corrected chi connectivity index (χ3v) is 5.14. The monoisotopic (exact) mass is 428 g/mol. The number of benzene rings is 1. The third kappa shape index (κ3) is 3.86. The number of nitriles is 1. The van der Waals surface area contributed by atoms with Gasteiger partial charge in [-0.3, -0.25) is 4.98 Å². The highest BCUT2D eigenvalue weighted by Gasteiger charge is 2.25. The number of anilines is 1. The molecule has 3 aromatic rings. The molecule has 32 heavy (non-hydrogen) atoms. The summed E-state index contributed by atoms with van der Waals surface area (Å²) in [5.74, 6) is -0.841. The Labute approximate surface area is 184 Å². The molecule has 0 N–H and O–H groups in total. The Morgan fingerprint density at radius 3 is 2.81 bits per heavy atom.